The predicted molar refractivity (Wildman–Crippen MR) is 110 cm³/mol. The minimum atomic E-state index is -0.366. The Balaban J connectivity index is 1.90. The molecular weight excluding hydrogens is 356 g/mol. The van der Waals surface area contributed by atoms with E-state index >= 15 is 0 Å². The Morgan fingerprint density at radius 3 is 2.32 bits per heavy atom. The summed E-state index contributed by atoms with van der Waals surface area (Å²) in [5.41, 5.74) is 1.56. The molecule has 0 fully saturated rings. The van der Waals surface area contributed by atoms with Crippen molar-refractivity contribution in [2.75, 3.05) is 38.2 Å². The third-order valence-corrected chi connectivity index (χ3v) is 4.32. The van der Waals surface area contributed by atoms with Gasteiger partial charge in [-0.25, -0.2) is 4.79 Å². The van der Waals surface area contributed by atoms with Crippen molar-refractivity contribution in [2.45, 2.75) is 20.8 Å². The molecule has 0 aliphatic rings. The monoisotopic (exact) mass is 384 g/mol. The number of esters is 1. The highest BCUT2D eigenvalue weighted by Crippen LogP contribution is 2.16. The van der Waals surface area contributed by atoms with Crippen LogP contribution in [0.25, 0.3) is 0 Å². The fourth-order valence-corrected chi connectivity index (χ4v) is 2.68. The SMILES string of the molecule is CCOc1cccc(C(=O)Nc2ccc(C(=O)OCCN(CC)CC)cc2)c1. The van der Waals surface area contributed by atoms with Gasteiger partial charge in [0.05, 0.1) is 12.2 Å². The molecule has 0 saturated carbocycles. The Bertz CT molecular complexity index is 770. The molecular formula is C22H28N2O4. The molecule has 0 aromatic heterocycles. The Morgan fingerprint density at radius 1 is 0.964 bits per heavy atom. The molecule has 0 aliphatic heterocycles. The van der Waals surface area contributed by atoms with E-state index in [1.807, 2.05) is 6.92 Å². The molecule has 28 heavy (non-hydrogen) atoms. The zero-order chi connectivity index (χ0) is 20.4. The Hall–Kier alpha value is -2.86. The third-order valence-electron chi connectivity index (χ3n) is 4.32. The molecule has 2 aromatic carbocycles. The molecule has 0 atom stereocenters. The van der Waals surface area contributed by atoms with Crippen LogP contribution >= 0.6 is 0 Å². The average Bonchev–Trinajstić information content (AvgIpc) is 2.72. The number of amides is 1. The predicted octanol–water partition coefficient (Wildman–Crippen LogP) is 3.84. The number of benzene rings is 2. The van der Waals surface area contributed by atoms with Crippen LogP contribution < -0.4 is 10.1 Å². The van der Waals surface area contributed by atoms with Crippen LogP contribution in [0.2, 0.25) is 0 Å². The first kappa shape index (κ1) is 21.4. The number of rotatable bonds is 10. The molecule has 1 amide bonds. The van der Waals surface area contributed by atoms with Crippen molar-refractivity contribution in [2.24, 2.45) is 0 Å². The van der Waals surface area contributed by atoms with Crippen LogP contribution in [0.1, 0.15) is 41.5 Å². The van der Waals surface area contributed by atoms with Crippen LogP contribution in [0.4, 0.5) is 5.69 Å². The van der Waals surface area contributed by atoms with Gasteiger partial charge in [0, 0.05) is 17.8 Å². The lowest BCUT2D eigenvalue weighted by Crippen LogP contribution is -2.27. The molecule has 0 saturated heterocycles. The highest BCUT2D eigenvalue weighted by molar-refractivity contribution is 6.04. The minimum Gasteiger partial charge on any atom is -0.494 e. The van der Waals surface area contributed by atoms with Gasteiger partial charge in [0.1, 0.15) is 12.4 Å². The largest absolute Gasteiger partial charge is 0.494 e. The number of anilines is 1. The maximum absolute atomic E-state index is 12.4. The van der Waals surface area contributed by atoms with E-state index in [0.717, 1.165) is 13.1 Å². The molecule has 1 N–H and O–H groups in total. The van der Waals surface area contributed by atoms with Gasteiger partial charge in [-0.2, -0.15) is 0 Å². The first-order valence-corrected chi connectivity index (χ1v) is 9.61. The maximum atomic E-state index is 12.4. The number of hydrogen-bond donors (Lipinski definition) is 1. The lowest BCUT2D eigenvalue weighted by molar-refractivity contribution is 0.0466. The summed E-state index contributed by atoms with van der Waals surface area (Å²) in [4.78, 5) is 26.7. The summed E-state index contributed by atoms with van der Waals surface area (Å²) in [5.74, 6) is 0.0449. The van der Waals surface area contributed by atoms with E-state index in [4.69, 9.17) is 9.47 Å². The molecule has 0 aliphatic carbocycles. The smallest absolute Gasteiger partial charge is 0.338 e. The summed E-state index contributed by atoms with van der Waals surface area (Å²) >= 11 is 0. The molecule has 2 aromatic rings. The molecule has 0 unspecified atom stereocenters. The lowest BCUT2D eigenvalue weighted by Gasteiger charge is -2.17. The van der Waals surface area contributed by atoms with E-state index in [9.17, 15) is 9.59 Å². The van der Waals surface area contributed by atoms with Gasteiger partial charge in [0.15, 0.2) is 0 Å². The normalized spacial score (nSPS) is 10.6. The number of nitrogens with zero attached hydrogens (tertiary/aromatic N) is 1. The molecule has 6 heteroatoms. The van der Waals surface area contributed by atoms with Gasteiger partial charge in [-0.15, -0.1) is 0 Å². The molecule has 2 rings (SSSR count). The minimum absolute atomic E-state index is 0.240. The van der Waals surface area contributed by atoms with Gasteiger partial charge in [0.2, 0.25) is 0 Å². The number of likely N-dealkylation sites (N-methyl/N-ethyl adjacent to an activating group) is 1. The lowest BCUT2D eigenvalue weighted by atomic mass is 10.1. The zero-order valence-electron chi connectivity index (χ0n) is 16.7. The second-order valence-corrected chi connectivity index (χ2v) is 6.16. The second kappa shape index (κ2) is 11.1. The van der Waals surface area contributed by atoms with Crippen molar-refractivity contribution in [3.63, 3.8) is 0 Å². The van der Waals surface area contributed by atoms with E-state index in [2.05, 4.69) is 24.1 Å². The topological polar surface area (TPSA) is 67.9 Å². The van der Waals surface area contributed by atoms with Crippen LogP contribution in [-0.4, -0.2) is 49.6 Å². The summed E-state index contributed by atoms with van der Waals surface area (Å²) < 4.78 is 10.7. The zero-order valence-corrected chi connectivity index (χ0v) is 16.7. The van der Waals surface area contributed by atoms with Crippen LogP contribution in [0.3, 0.4) is 0 Å². The summed E-state index contributed by atoms with van der Waals surface area (Å²) in [7, 11) is 0. The Labute approximate surface area is 166 Å². The van der Waals surface area contributed by atoms with Crippen molar-refractivity contribution in [1.82, 2.24) is 4.90 Å². The first-order valence-electron chi connectivity index (χ1n) is 9.61. The van der Waals surface area contributed by atoms with Crippen molar-refractivity contribution >= 4 is 17.6 Å². The van der Waals surface area contributed by atoms with E-state index in [0.29, 0.717) is 42.3 Å². The van der Waals surface area contributed by atoms with Gasteiger partial charge in [-0.05, 0) is 62.5 Å². The quantitative estimate of drug-likeness (QED) is 0.631. The van der Waals surface area contributed by atoms with E-state index in [1.165, 1.54) is 0 Å². The highest BCUT2D eigenvalue weighted by Gasteiger charge is 2.10. The number of nitrogens with one attached hydrogen (secondary N) is 1. The van der Waals surface area contributed by atoms with Crippen LogP contribution in [0.5, 0.6) is 5.75 Å². The third kappa shape index (κ3) is 6.39. The number of ether oxygens (including phenoxy) is 2. The fourth-order valence-electron chi connectivity index (χ4n) is 2.68. The van der Waals surface area contributed by atoms with E-state index < -0.39 is 0 Å². The van der Waals surface area contributed by atoms with Crippen molar-refractivity contribution in [3.8, 4) is 5.75 Å². The van der Waals surface area contributed by atoms with Gasteiger partial charge >= 0.3 is 5.97 Å². The number of hydrogen-bond acceptors (Lipinski definition) is 5. The number of carbonyl (C=O) groups excluding carboxylic acids is 2. The van der Waals surface area contributed by atoms with Gasteiger partial charge < -0.3 is 19.7 Å². The summed E-state index contributed by atoms with van der Waals surface area (Å²) in [6.45, 7) is 9.51. The van der Waals surface area contributed by atoms with Gasteiger partial charge in [-0.1, -0.05) is 19.9 Å². The van der Waals surface area contributed by atoms with E-state index in [1.54, 1.807) is 48.5 Å². The summed E-state index contributed by atoms with van der Waals surface area (Å²) in [6, 6.07) is 13.7. The molecule has 150 valence electrons. The van der Waals surface area contributed by atoms with Crippen molar-refractivity contribution in [3.05, 3.63) is 59.7 Å². The molecule has 0 bridgehead atoms. The Kier molecular flexibility index (Phi) is 8.49. The summed E-state index contributed by atoms with van der Waals surface area (Å²) in [6.07, 6.45) is 0. The molecule has 0 spiro atoms. The van der Waals surface area contributed by atoms with Crippen LogP contribution in [0, 0.1) is 0 Å². The molecule has 6 nitrogen and oxygen atoms in total. The first-order chi connectivity index (χ1) is 13.6. The second-order valence-electron chi connectivity index (χ2n) is 6.16. The van der Waals surface area contributed by atoms with Crippen LogP contribution in [0.15, 0.2) is 48.5 Å². The standard InChI is InChI=1S/C22H28N2O4/c1-4-24(5-2)14-15-28-22(26)17-10-12-19(13-11-17)23-21(25)18-8-7-9-20(16-18)27-6-3/h7-13,16H,4-6,14-15H2,1-3H3,(H,23,25). The van der Waals surface area contributed by atoms with Gasteiger partial charge in [0.25, 0.3) is 5.91 Å². The van der Waals surface area contributed by atoms with Crippen molar-refractivity contribution < 1.29 is 19.1 Å². The fraction of sp³-hybridized carbons (Fsp3) is 0.364. The number of carbonyl (C=O) groups is 2. The highest BCUT2D eigenvalue weighted by atomic mass is 16.5. The summed E-state index contributed by atoms with van der Waals surface area (Å²) in [5, 5.41) is 2.81. The van der Waals surface area contributed by atoms with E-state index in [-0.39, 0.29) is 11.9 Å². The Morgan fingerprint density at radius 2 is 1.68 bits per heavy atom. The van der Waals surface area contributed by atoms with Crippen molar-refractivity contribution in [1.29, 1.82) is 0 Å². The average molecular weight is 384 g/mol. The van der Waals surface area contributed by atoms with Gasteiger partial charge in [-0.3, -0.25) is 4.79 Å². The molecule has 0 radical (unpaired) electrons. The molecule has 0 heterocycles. The maximum Gasteiger partial charge on any atom is 0.338 e. The van der Waals surface area contributed by atoms with Crippen LogP contribution in [-0.2, 0) is 4.74 Å².